The highest BCUT2D eigenvalue weighted by atomic mass is 16.5. The van der Waals surface area contributed by atoms with Gasteiger partial charge in [-0.15, -0.1) is 0 Å². The van der Waals surface area contributed by atoms with Crippen LogP contribution in [-0.4, -0.2) is 84.4 Å². The standard InChI is InChI=1S/C36H54N4O6/c1-8-40(33-15-27-10-9-25(33)20-44-27)32-16-29(46-28-12-26(13-28)39-18-22(3)45-23(4)19-39)14-30(24(32)5)35(41)37-17-31-34(43-7)11-21(2)38(6)36(31)42/h11,14,16,22-23,25-28,33,35,37,41H,8-10,12-13,15,17-20H2,1-7H3/t22-,23+,25-,26-,27?,28-,33?,35?/m1/s1. The van der Waals surface area contributed by atoms with E-state index in [-0.39, 0.29) is 30.4 Å². The number of benzene rings is 1. The van der Waals surface area contributed by atoms with Gasteiger partial charge in [-0.05, 0) is 71.6 Å². The number of aliphatic hydroxyl groups is 1. The number of aliphatic hydroxyl groups excluding tert-OH is 1. The highest BCUT2D eigenvalue weighted by molar-refractivity contribution is 5.61. The maximum atomic E-state index is 13.1. The highest BCUT2D eigenvalue weighted by Crippen LogP contribution is 2.42. The molecular weight excluding hydrogens is 584 g/mol. The molecule has 1 aromatic heterocycles. The maximum absolute atomic E-state index is 13.1. The second kappa shape index (κ2) is 13.8. The number of aromatic nitrogens is 1. The summed E-state index contributed by atoms with van der Waals surface area (Å²) in [5, 5.41) is 14.9. The van der Waals surface area contributed by atoms with E-state index in [1.165, 1.54) is 6.42 Å². The van der Waals surface area contributed by atoms with Crippen molar-refractivity contribution < 1.29 is 24.1 Å². The van der Waals surface area contributed by atoms with Crippen molar-refractivity contribution in [3.05, 3.63) is 50.9 Å². The summed E-state index contributed by atoms with van der Waals surface area (Å²) < 4.78 is 25.9. The Morgan fingerprint density at radius 1 is 1.11 bits per heavy atom. The number of fused-ring (bicyclic) bond motifs is 3. The molecule has 7 rings (SSSR count). The zero-order valence-corrected chi connectivity index (χ0v) is 28.8. The van der Waals surface area contributed by atoms with Crippen LogP contribution in [0.2, 0.25) is 0 Å². The topological polar surface area (TPSA) is 97.7 Å². The summed E-state index contributed by atoms with van der Waals surface area (Å²) in [5.74, 6) is 1.80. The third-order valence-corrected chi connectivity index (χ3v) is 11.0. The first-order valence-corrected chi connectivity index (χ1v) is 17.3. The van der Waals surface area contributed by atoms with Gasteiger partial charge in [0.1, 0.15) is 23.8 Å². The van der Waals surface area contributed by atoms with Gasteiger partial charge in [0.15, 0.2) is 0 Å². The van der Waals surface area contributed by atoms with Crippen molar-refractivity contribution in [2.75, 3.05) is 38.3 Å². The quantitative estimate of drug-likeness (QED) is 0.351. The van der Waals surface area contributed by atoms with Gasteiger partial charge in [-0.1, -0.05) is 0 Å². The second-order valence-corrected chi connectivity index (χ2v) is 14.1. The van der Waals surface area contributed by atoms with Crippen molar-refractivity contribution in [1.29, 1.82) is 0 Å². The van der Waals surface area contributed by atoms with Crippen molar-refractivity contribution in [1.82, 2.24) is 14.8 Å². The lowest BCUT2D eigenvalue weighted by molar-refractivity contribution is -0.103. The molecule has 46 heavy (non-hydrogen) atoms. The van der Waals surface area contributed by atoms with Crippen molar-refractivity contribution in [3.63, 3.8) is 0 Å². The van der Waals surface area contributed by atoms with E-state index < -0.39 is 6.23 Å². The fraction of sp³-hybridized carbons (Fsp3) is 0.694. The summed E-state index contributed by atoms with van der Waals surface area (Å²) in [6.45, 7) is 14.3. The minimum Gasteiger partial charge on any atom is -0.496 e. The minimum absolute atomic E-state index is 0.126. The Bertz CT molecular complexity index is 1420. The number of anilines is 1. The first-order chi connectivity index (χ1) is 22.1. The number of pyridine rings is 1. The van der Waals surface area contributed by atoms with Gasteiger partial charge in [0, 0.05) is 87.1 Å². The van der Waals surface area contributed by atoms with Crippen LogP contribution >= 0.6 is 0 Å². The van der Waals surface area contributed by atoms with Gasteiger partial charge >= 0.3 is 0 Å². The zero-order valence-electron chi connectivity index (χ0n) is 28.8. The molecule has 5 fully saturated rings. The van der Waals surface area contributed by atoms with Crippen molar-refractivity contribution in [3.8, 4) is 11.5 Å². The van der Waals surface area contributed by atoms with Gasteiger partial charge in [0.05, 0.1) is 37.6 Å². The molecule has 10 heteroatoms. The number of nitrogens with one attached hydrogen (secondary N) is 1. The summed E-state index contributed by atoms with van der Waals surface area (Å²) in [6, 6.07) is 6.92. The lowest BCUT2D eigenvalue weighted by Gasteiger charge is -2.48. The molecule has 3 saturated heterocycles. The summed E-state index contributed by atoms with van der Waals surface area (Å²) in [6.07, 6.45) is 5.26. The lowest BCUT2D eigenvalue weighted by Crippen LogP contribution is -2.56. The third kappa shape index (κ3) is 6.69. The number of morpholine rings is 1. The summed E-state index contributed by atoms with van der Waals surface area (Å²) in [5.41, 5.74) is 4.04. The van der Waals surface area contributed by atoms with Crippen molar-refractivity contribution >= 4 is 5.69 Å². The van der Waals surface area contributed by atoms with E-state index in [9.17, 15) is 9.90 Å². The molecule has 6 atom stereocenters. The van der Waals surface area contributed by atoms with Gasteiger partial charge in [-0.25, -0.2) is 0 Å². The molecule has 2 aromatic rings. The van der Waals surface area contributed by atoms with Crippen LogP contribution in [-0.2, 0) is 23.1 Å². The molecular formula is C36H54N4O6. The second-order valence-electron chi connectivity index (χ2n) is 14.1. The predicted molar refractivity (Wildman–Crippen MR) is 179 cm³/mol. The zero-order chi connectivity index (χ0) is 32.7. The van der Waals surface area contributed by atoms with E-state index >= 15 is 0 Å². The van der Waals surface area contributed by atoms with Crippen LogP contribution in [0.15, 0.2) is 23.0 Å². The van der Waals surface area contributed by atoms with E-state index in [0.29, 0.717) is 35.4 Å². The molecule has 2 bridgehead atoms. The van der Waals surface area contributed by atoms with Gasteiger partial charge in [-0.3, -0.25) is 15.0 Å². The average molecular weight is 639 g/mol. The molecule has 0 spiro atoms. The Morgan fingerprint density at radius 2 is 1.85 bits per heavy atom. The molecule has 2 saturated carbocycles. The van der Waals surface area contributed by atoms with Gasteiger partial charge in [0.2, 0.25) is 0 Å². The molecule has 2 N–H and O–H groups in total. The molecule has 1 aromatic carbocycles. The summed E-state index contributed by atoms with van der Waals surface area (Å²) in [4.78, 5) is 18.2. The van der Waals surface area contributed by atoms with Crippen molar-refractivity contribution in [2.45, 2.75) is 116 Å². The van der Waals surface area contributed by atoms with E-state index in [1.807, 2.05) is 19.1 Å². The normalized spacial score (nSPS) is 30.1. The number of hydrogen-bond donors (Lipinski definition) is 2. The van der Waals surface area contributed by atoms with Crippen LogP contribution in [0.5, 0.6) is 11.5 Å². The van der Waals surface area contributed by atoms with Crippen LogP contribution < -0.4 is 25.2 Å². The van der Waals surface area contributed by atoms with Crippen LogP contribution in [0, 0.1) is 19.8 Å². The van der Waals surface area contributed by atoms with Crippen molar-refractivity contribution in [2.24, 2.45) is 13.0 Å². The smallest absolute Gasteiger partial charge is 0.258 e. The Morgan fingerprint density at radius 3 is 2.46 bits per heavy atom. The molecule has 2 aliphatic carbocycles. The SMILES string of the molecule is CCN(c1cc(O[C@H]2C[C@H](N3C[C@@H](C)O[C@@H](C)C3)C2)cc(C(O)NCc2c(OC)cc(C)n(C)c2=O)c1C)C1CC2CC[C@@H]1CO2. The lowest BCUT2D eigenvalue weighted by atomic mass is 9.79. The first-order valence-electron chi connectivity index (χ1n) is 17.3. The maximum Gasteiger partial charge on any atom is 0.258 e. The fourth-order valence-corrected chi connectivity index (χ4v) is 8.22. The number of ether oxygens (including phenoxy) is 4. The Kier molecular flexibility index (Phi) is 10.0. The number of rotatable bonds is 11. The number of aryl methyl sites for hydroxylation is 1. The van der Waals surface area contributed by atoms with Crippen LogP contribution in [0.4, 0.5) is 5.69 Å². The summed E-state index contributed by atoms with van der Waals surface area (Å²) >= 11 is 0. The molecule has 5 aliphatic rings. The van der Waals surface area contributed by atoms with E-state index in [2.05, 4.69) is 48.9 Å². The van der Waals surface area contributed by atoms with Crippen LogP contribution in [0.25, 0.3) is 0 Å². The van der Waals surface area contributed by atoms with E-state index in [1.54, 1.807) is 18.7 Å². The Balaban J connectivity index is 1.25. The highest BCUT2D eigenvalue weighted by Gasteiger charge is 2.41. The monoisotopic (exact) mass is 638 g/mol. The molecule has 3 aliphatic heterocycles. The number of methoxy groups -OCH3 is 1. The third-order valence-electron chi connectivity index (χ3n) is 11.0. The van der Waals surface area contributed by atoms with Gasteiger partial charge in [-0.2, -0.15) is 0 Å². The summed E-state index contributed by atoms with van der Waals surface area (Å²) in [7, 11) is 3.32. The number of hydrogen-bond acceptors (Lipinski definition) is 9. The molecule has 254 valence electrons. The molecule has 3 unspecified atom stereocenters. The first kappa shape index (κ1) is 33.3. The van der Waals surface area contributed by atoms with Crippen LogP contribution in [0.1, 0.15) is 81.5 Å². The Hall–Kier alpha value is -2.63. The van der Waals surface area contributed by atoms with E-state index in [0.717, 1.165) is 80.2 Å². The minimum atomic E-state index is -1.01. The molecule has 10 nitrogen and oxygen atoms in total. The van der Waals surface area contributed by atoms with Gasteiger partial charge < -0.3 is 33.5 Å². The Labute approximate surface area is 273 Å². The van der Waals surface area contributed by atoms with Gasteiger partial charge in [0.25, 0.3) is 5.56 Å². The fourth-order valence-electron chi connectivity index (χ4n) is 8.22. The average Bonchev–Trinajstić information content (AvgIpc) is 3.02. The predicted octanol–water partition coefficient (Wildman–Crippen LogP) is 4.20. The van der Waals surface area contributed by atoms with E-state index in [4.69, 9.17) is 18.9 Å². The number of nitrogens with zero attached hydrogens (tertiary/aromatic N) is 3. The molecule has 0 radical (unpaired) electrons. The molecule has 0 amide bonds. The molecule has 4 heterocycles. The largest absolute Gasteiger partial charge is 0.496 e. The van der Waals surface area contributed by atoms with Crippen LogP contribution in [0.3, 0.4) is 0 Å².